The molecule has 1 aliphatic heterocycles. The molecule has 3 aliphatic carbocycles. The van der Waals surface area contributed by atoms with Crippen LogP contribution < -0.4 is 25.0 Å². The molecular formula is C38H49N5O8S. The maximum Gasteiger partial charge on any atom is 0.408 e. The summed E-state index contributed by atoms with van der Waals surface area (Å²) in [6.07, 6.45) is 5.21. The average molecular weight is 736 g/mol. The lowest BCUT2D eigenvalue weighted by molar-refractivity contribution is -0.142. The highest BCUT2D eigenvalue weighted by atomic mass is 32.2. The number of anilines is 1. The fourth-order valence-corrected chi connectivity index (χ4v) is 8.52. The van der Waals surface area contributed by atoms with E-state index < -0.39 is 68.0 Å². The molecule has 0 radical (unpaired) electrons. The number of amides is 4. The summed E-state index contributed by atoms with van der Waals surface area (Å²) in [6.45, 7) is 9.34. The number of carbonyl (C=O) groups is 4. The van der Waals surface area contributed by atoms with Gasteiger partial charge in [-0.25, -0.2) is 13.2 Å². The van der Waals surface area contributed by atoms with Crippen LogP contribution in [0.3, 0.4) is 0 Å². The first-order valence-electron chi connectivity index (χ1n) is 17.9. The minimum Gasteiger partial charge on any atom is -0.496 e. The van der Waals surface area contributed by atoms with Crippen molar-refractivity contribution < 1.29 is 37.1 Å². The maximum absolute atomic E-state index is 14.5. The van der Waals surface area contributed by atoms with Crippen LogP contribution in [0.2, 0.25) is 0 Å². The van der Waals surface area contributed by atoms with Crippen molar-refractivity contribution in [1.29, 1.82) is 0 Å². The van der Waals surface area contributed by atoms with Gasteiger partial charge in [-0.15, -0.1) is 6.58 Å². The SMILES string of the molecule is C=C[C@@H]1C[C@]1(NC(=O)[C@@H]1CN(c2ccc(-c3ccccc3OC)cc2)CN1C(=O)[C@@H](NC(=O)OC1CCCC1)C(C)(C)C)C(=O)NS(=O)(=O)C1CC1. The molecule has 14 heteroatoms. The number of hydrogen-bond acceptors (Lipinski definition) is 9. The standard InChI is InChI=1S/C38H49N5O8S/c1-6-25-21-38(25,35(46)41-52(48,49)28-19-20-28)40-33(44)30-22-42(26-17-15-24(16-18-26)29-13-9-10-14-31(29)50-5)23-43(30)34(45)32(37(2,3)4)39-36(47)51-27-11-7-8-12-27/h6,9-10,13-18,25,27-28,30,32H,1,7-8,11-12,19-23H2,2-5H3,(H,39,47)(H,40,44)(H,41,46)/t25-,30+,32-,38-/m1/s1. The zero-order valence-corrected chi connectivity index (χ0v) is 31.0. The predicted octanol–water partition coefficient (Wildman–Crippen LogP) is 4.09. The highest BCUT2D eigenvalue weighted by molar-refractivity contribution is 7.91. The van der Waals surface area contributed by atoms with Crippen molar-refractivity contribution in [3.05, 3.63) is 61.2 Å². The average Bonchev–Trinajstić information content (AvgIpc) is 3.99. The maximum atomic E-state index is 14.5. The Kier molecular flexibility index (Phi) is 10.3. The molecule has 2 aromatic rings. The van der Waals surface area contributed by atoms with Crippen LogP contribution in [0, 0.1) is 11.3 Å². The molecule has 13 nitrogen and oxygen atoms in total. The van der Waals surface area contributed by atoms with Gasteiger partial charge >= 0.3 is 6.09 Å². The lowest BCUT2D eigenvalue weighted by Gasteiger charge is -2.35. The van der Waals surface area contributed by atoms with Crippen LogP contribution in [0.1, 0.15) is 65.7 Å². The van der Waals surface area contributed by atoms with Crippen LogP contribution in [0.4, 0.5) is 10.5 Å². The summed E-state index contributed by atoms with van der Waals surface area (Å²) in [5.41, 5.74) is 0.277. The summed E-state index contributed by atoms with van der Waals surface area (Å²) in [7, 11) is -2.27. The Morgan fingerprint density at radius 3 is 2.27 bits per heavy atom. The quantitative estimate of drug-likeness (QED) is 0.273. The normalized spacial score (nSPS) is 23.8. The largest absolute Gasteiger partial charge is 0.496 e. The second-order valence-electron chi connectivity index (χ2n) is 15.4. The molecular weight excluding hydrogens is 687 g/mol. The molecule has 0 unspecified atom stereocenters. The molecule has 3 saturated carbocycles. The molecule has 0 bridgehead atoms. The first kappa shape index (κ1) is 37.2. The molecule has 0 spiro atoms. The van der Waals surface area contributed by atoms with Crippen LogP contribution in [0.15, 0.2) is 61.2 Å². The first-order valence-corrected chi connectivity index (χ1v) is 19.5. The van der Waals surface area contributed by atoms with E-state index in [9.17, 15) is 27.6 Å². The Morgan fingerprint density at radius 2 is 1.67 bits per heavy atom. The highest BCUT2D eigenvalue weighted by Crippen LogP contribution is 2.45. The van der Waals surface area contributed by atoms with Crippen LogP contribution >= 0.6 is 0 Å². The topological polar surface area (TPSA) is 163 Å². The molecule has 1 heterocycles. The summed E-state index contributed by atoms with van der Waals surface area (Å²) in [6, 6.07) is 13.2. The highest BCUT2D eigenvalue weighted by Gasteiger charge is 2.62. The van der Waals surface area contributed by atoms with E-state index >= 15 is 0 Å². The van der Waals surface area contributed by atoms with E-state index in [0.29, 0.717) is 12.8 Å². The first-order chi connectivity index (χ1) is 24.7. The van der Waals surface area contributed by atoms with Gasteiger partial charge in [0.1, 0.15) is 29.5 Å². The zero-order valence-electron chi connectivity index (χ0n) is 30.2. The van der Waals surface area contributed by atoms with Crippen molar-refractivity contribution in [2.24, 2.45) is 11.3 Å². The smallest absolute Gasteiger partial charge is 0.408 e. The third-order valence-corrected chi connectivity index (χ3v) is 12.3. The number of methoxy groups -OCH3 is 1. The number of rotatable bonds is 12. The summed E-state index contributed by atoms with van der Waals surface area (Å²) < 4.78 is 38.7. The van der Waals surface area contributed by atoms with Gasteiger partial charge in [0, 0.05) is 23.7 Å². The van der Waals surface area contributed by atoms with Gasteiger partial charge in [-0.2, -0.15) is 0 Å². The van der Waals surface area contributed by atoms with Crippen molar-refractivity contribution in [2.75, 3.05) is 25.2 Å². The molecule has 3 N–H and O–H groups in total. The predicted molar refractivity (Wildman–Crippen MR) is 196 cm³/mol. The molecule has 2 aromatic carbocycles. The summed E-state index contributed by atoms with van der Waals surface area (Å²) >= 11 is 0. The van der Waals surface area contributed by atoms with Gasteiger partial charge < -0.3 is 29.9 Å². The van der Waals surface area contributed by atoms with Crippen LogP contribution in [-0.2, 0) is 29.1 Å². The Labute approximate surface area is 305 Å². The molecule has 4 aliphatic rings. The van der Waals surface area contributed by atoms with Crippen molar-refractivity contribution in [1.82, 2.24) is 20.3 Å². The molecule has 4 amide bonds. The zero-order chi connectivity index (χ0) is 37.4. The minimum atomic E-state index is -3.88. The van der Waals surface area contributed by atoms with Crippen molar-refractivity contribution in [3.63, 3.8) is 0 Å². The fourth-order valence-electron chi connectivity index (χ4n) is 7.16. The number of alkyl carbamates (subject to hydrolysis) is 1. The lowest BCUT2D eigenvalue weighted by atomic mass is 9.85. The van der Waals surface area contributed by atoms with Gasteiger partial charge in [-0.05, 0) is 74.1 Å². The number of sulfonamides is 1. The molecule has 0 aromatic heterocycles. The third-order valence-electron chi connectivity index (χ3n) is 10.5. The minimum absolute atomic E-state index is 0.0109. The van der Waals surface area contributed by atoms with Crippen molar-refractivity contribution in [2.45, 2.75) is 94.7 Å². The van der Waals surface area contributed by atoms with Gasteiger partial charge in [0.15, 0.2) is 0 Å². The number of ether oxygens (including phenoxy) is 2. The van der Waals surface area contributed by atoms with Crippen LogP contribution in [-0.4, -0.2) is 86.4 Å². The van der Waals surface area contributed by atoms with Gasteiger partial charge in [0.2, 0.25) is 21.8 Å². The van der Waals surface area contributed by atoms with Gasteiger partial charge in [-0.1, -0.05) is 57.2 Å². The number of nitrogens with one attached hydrogen (secondary N) is 3. The number of benzene rings is 2. The Hall–Kier alpha value is -4.59. The number of para-hydroxylation sites is 1. The fraction of sp³-hybridized carbons (Fsp3) is 0.526. The molecule has 280 valence electrons. The van der Waals surface area contributed by atoms with Gasteiger partial charge in [-0.3, -0.25) is 19.1 Å². The lowest BCUT2D eigenvalue weighted by Crippen LogP contribution is -2.60. The summed E-state index contributed by atoms with van der Waals surface area (Å²) in [5, 5.41) is 4.99. The van der Waals surface area contributed by atoms with E-state index in [1.165, 1.54) is 11.0 Å². The Bertz CT molecular complexity index is 1820. The van der Waals surface area contributed by atoms with E-state index in [1.54, 1.807) is 7.11 Å². The second-order valence-corrected chi connectivity index (χ2v) is 17.3. The van der Waals surface area contributed by atoms with Crippen molar-refractivity contribution >= 4 is 39.5 Å². The number of carbonyl (C=O) groups excluding carboxylic acids is 4. The van der Waals surface area contributed by atoms with Gasteiger partial charge in [0.05, 0.1) is 19.0 Å². The summed E-state index contributed by atoms with van der Waals surface area (Å²) in [5.74, 6) is -1.70. The van der Waals surface area contributed by atoms with E-state index in [1.807, 2.05) is 74.2 Å². The Balaban J connectivity index is 1.27. The van der Waals surface area contributed by atoms with E-state index in [-0.39, 0.29) is 25.7 Å². The number of hydrogen-bond donors (Lipinski definition) is 3. The summed E-state index contributed by atoms with van der Waals surface area (Å²) in [4.78, 5) is 58.7. The molecule has 4 atom stereocenters. The molecule has 1 saturated heterocycles. The van der Waals surface area contributed by atoms with Crippen molar-refractivity contribution in [3.8, 4) is 16.9 Å². The molecule has 4 fully saturated rings. The van der Waals surface area contributed by atoms with E-state index in [4.69, 9.17) is 9.47 Å². The molecule has 6 rings (SSSR count). The second kappa shape index (κ2) is 14.4. The van der Waals surface area contributed by atoms with Crippen LogP contribution in [0.25, 0.3) is 11.1 Å². The van der Waals surface area contributed by atoms with E-state index in [2.05, 4.69) is 21.9 Å². The van der Waals surface area contributed by atoms with Gasteiger partial charge in [0.25, 0.3) is 5.91 Å². The Morgan fingerprint density at radius 1 is 1.00 bits per heavy atom. The molecule has 52 heavy (non-hydrogen) atoms. The third kappa shape index (κ3) is 7.76. The number of nitrogens with zero attached hydrogens (tertiary/aromatic N) is 2. The van der Waals surface area contributed by atoms with Crippen LogP contribution in [0.5, 0.6) is 5.75 Å². The van der Waals surface area contributed by atoms with E-state index in [0.717, 1.165) is 48.2 Å². The monoisotopic (exact) mass is 735 g/mol.